The van der Waals surface area contributed by atoms with Gasteiger partial charge in [-0.25, -0.2) is 4.79 Å². The van der Waals surface area contributed by atoms with Crippen molar-refractivity contribution < 1.29 is 24.2 Å². The lowest BCUT2D eigenvalue weighted by molar-refractivity contribution is -0.137. The fraction of sp³-hybridized carbons (Fsp3) is 0.526. The number of carboxylic acid groups (broad SMARTS) is 1. The standard InChI is InChI=1S/C19H27N3O5/c1-13(2)16(12-17(23)24)20-19(26)22-10-8-21(9-11-22)18(25)14-4-6-15(27-3)7-5-14/h4-7,13,16H,8-12H2,1-3H3,(H,20,26)(H,23,24)/t16-/m0/s1. The van der Waals surface area contributed by atoms with Crippen LogP contribution in [0.4, 0.5) is 4.79 Å². The smallest absolute Gasteiger partial charge is 0.317 e. The first-order valence-electron chi connectivity index (χ1n) is 9.02. The molecule has 1 heterocycles. The molecule has 0 bridgehead atoms. The lowest BCUT2D eigenvalue weighted by Gasteiger charge is -2.36. The average molecular weight is 377 g/mol. The molecule has 1 atom stereocenters. The van der Waals surface area contributed by atoms with Gasteiger partial charge in [0, 0.05) is 37.8 Å². The molecule has 1 aliphatic heterocycles. The Morgan fingerprint density at radius 2 is 1.63 bits per heavy atom. The summed E-state index contributed by atoms with van der Waals surface area (Å²) in [6.45, 7) is 5.43. The molecule has 1 aromatic carbocycles. The van der Waals surface area contributed by atoms with Crippen LogP contribution in [0.2, 0.25) is 0 Å². The maximum absolute atomic E-state index is 12.6. The van der Waals surface area contributed by atoms with Crippen molar-refractivity contribution in [3.05, 3.63) is 29.8 Å². The molecule has 27 heavy (non-hydrogen) atoms. The largest absolute Gasteiger partial charge is 0.497 e. The molecule has 0 spiro atoms. The molecule has 0 unspecified atom stereocenters. The number of carboxylic acids is 1. The zero-order valence-corrected chi connectivity index (χ0v) is 16.0. The molecule has 8 heteroatoms. The number of benzene rings is 1. The van der Waals surface area contributed by atoms with Crippen LogP contribution in [0.3, 0.4) is 0 Å². The van der Waals surface area contributed by atoms with Crippen molar-refractivity contribution in [2.45, 2.75) is 26.3 Å². The lowest BCUT2D eigenvalue weighted by Crippen LogP contribution is -2.55. The Labute approximate surface area is 159 Å². The summed E-state index contributed by atoms with van der Waals surface area (Å²) >= 11 is 0. The number of amides is 3. The maximum atomic E-state index is 12.6. The van der Waals surface area contributed by atoms with E-state index >= 15 is 0 Å². The summed E-state index contributed by atoms with van der Waals surface area (Å²) < 4.78 is 5.09. The highest BCUT2D eigenvalue weighted by Crippen LogP contribution is 2.15. The molecule has 0 aromatic heterocycles. The molecule has 1 saturated heterocycles. The van der Waals surface area contributed by atoms with Gasteiger partial charge in [-0.1, -0.05) is 13.8 Å². The molecule has 2 N–H and O–H groups in total. The number of methoxy groups -OCH3 is 1. The summed E-state index contributed by atoms with van der Waals surface area (Å²) in [6, 6.07) is 6.22. The number of piperazine rings is 1. The van der Waals surface area contributed by atoms with E-state index in [-0.39, 0.29) is 24.3 Å². The Kier molecular flexibility index (Phi) is 7.04. The highest BCUT2D eigenvalue weighted by molar-refractivity contribution is 5.94. The molecule has 1 aromatic rings. The summed E-state index contributed by atoms with van der Waals surface area (Å²) in [5.74, 6) is -0.315. The first-order chi connectivity index (χ1) is 12.8. The minimum atomic E-state index is -0.941. The third-order valence-corrected chi connectivity index (χ3v) is 4.70. The van der Waals surface area contributed by atoms with Crippen LogP contribution in [0, 0.1) is 5.92 Å². The zero-order chi connectivity index (χ0) is 20.0. The van der Waals surface area contributed by atoms with E-state index in [4.69, 9.17) is 9.84 Å². The van der Waals surface area contributed by atoms with Crippen molar-refractivity contribution in [1.82, 2.24) is 15.1 Å². The monoisotopic (exact) mass is 377 g/mol. The van der Waals surface area contributed by atoms with Gasteiger partial charge in [-0.15, -0.1) is 0 Å². The molecule has 148 valence electrons. The van der Waals surface area contributed by atoms with Gasteiger partial charge >= 0.3 is 12.0 Å². The predicted octanol–water partition coefficient (Wildman–Crippen LogP) is 1.66. The molecule has 1 aliphatic rings. The van der Waals surface area contributed by atoms with Crippen LogP contribution >= 0.6 is 0 Å². The Balaban J connectivity index is 1.88. The van der Waals surface area contributed by atoms with Gasteiger partial charge in [-0.05, 0) is 30.2 Å². The van der Waals surface area contributed by atoms with E-state index in [2.05, 4.69) is 5.32 Å². The van der Waals surface area contributed by atoms with E-state index in [1.807, 2.05) is 13.8 Å². The van der Waals surface area contributed by atoms with Crippen LogP contribution in [-0.2, 0) is 4.79 Å². The van der Waals surface area contributed by atoms with Gasteiger partial charge in [0.2, 0.25) is 0 Å². The fourth-order valence-corrected chi connectivity index (χ4v) is 2.92. The van der Waals surface area contributed by atoms with E-state index < -0.39 is 12.0 Å². The van der Waals surface area contributed by atoms with Crippen molar-refractivity contribution in [2.24, 2.45) is 5.92 Å². The van der Waals surface area contributed by atoms with Crippen LogP contribution in [0.25, 0.3) is 0 Å². The highest BCUT2D eigenvalue weighted by Gasteiger charge is 2.27. The summed E-state index contributed by atoms with van der Waals surface area (Å²) in [7, 11) is 1.57. The molecular formula is C19H27N3O5. The molecule has 0 radical (unpaired) electrons. The second kappa shape index (κ2) is 9.25. The topological polar surface area (TPSA) is 99.2 Å². The summed E-state index contributed by atoms with van der Waals surface area (Å²) in [6.07, 6.45) is -0.112. The van der Waals surface area contributed by atoms with Crippen LogP contribution in [0.5, 0.6) is 5.75 Å². The molecule has 1 fully saturated rings. The number of aliphatic carboxylic acids is 1. The number of urea groups is 1. The second-order valence-corrected chi connectivity index (χ2v) is 6.91. The predicted molar refractivity (Wildman–Crippen MR) is 99.9 cm³/mol. The third-order valence-electron chi connectivity index (χ3n) is 4.70. The molecule has 8 nitrogen and oxygen atoms in total. The van der Waals surface area contributed by atoms with E-state index in [9.17, 15) is 14.4 Å². The number of carbonyl (C=O) groups is 3. The number of nitrogens with zero attached hydrogens (tertiary/aromatic N) is 2. The van der Waals surface area contributed by atoms with Crippen LogP contribution in [-0.4, -0.2) is 72.1 Å². The Morgan fingerprint density at radius 1 is 1.07 bits per heavy atom. The van der Waals surface area contributed by atoms with Gasteiger partial charge in [-0.2, -0.15) is 0 Å². The highest BCUT2D eigenvalue weighted by atomic mass is 16.5. The Bertz CT molecular complexity index is 666. The molecule has 0 saturated carbocycles. The lowest BCUT2D eigenvalue weighted by atomic mass is 10.0. The minimum Gasteiger partial charge on any atom is -0.497 e. The van der Waals surface area contributed by atoms with Gasteiger partial charge in [0.1, 0.15) is 5.75 Å². The van der Waals surface area contributed by atoms with Crippen molar-refractivity contribution in [1.29, 1.82) is 0 Å². The van der Waals surface area contributed by atoms with Crippen molar-refractivity contribution in [2.75, 3.05) is 33.3 Å². The Hall–Kier alpha value is -2.77. The van der Waals surface area contributed by atoms with Gasteiger partial charge in [0.05, 0.1) is 13.5 Å². The normalized spacial score (nSPS) is 15.4. The van der Waals surface area contributed by atoms with Crippen LogP contribution < -0.4 is 10.1 Å². The van der Waals surface area contributed by atoms with Crippen molar-refractivity contribution >= 4 is 17.9 Å². The molecule has 0 aliphatic carbocycles. The first kappa shape index (κ1) is 20.5. The average Bonchev–Trinajstić information content (AvgIpc) is 2.66. The van der Waals surface area contributed by atoms with Gasteiger partial charge < -0.3 is 25.0 Å². The summed E-state index contributed by atoms with van der Waals surface area (Å²) in [5, 5.41) is 11.8. The van der Waals surface area contributed by atoms with Gasteiger partial charge in [0.15, 0.2) is 0 Å². The number of carbonyl (C=O) groups excluding carboxylic acids is 2. The molecule has 3 amide bonds. The number of ether oxygens (including phenoxy) is 1. The number of rotatable bonds is 6. The summed E-state index contributed by atoms with van der Waals surface area (Å²) in [5.41, 5.74) is 0.579. The van der Waals surface area contributed by atoms with Crippen molar-refractivity contribution in [3.8, 4) is 5.75 Å². The van der Waals surface area contributed by atoms with E-state index in [1.54, 1.807) is 41.2 Å². The third kappa shape index (κ3) is 5.60. The second-order valence-electron chi connectivity index (χ2n) is 6.91. The van der Waals surface area contributed by atoms with Gasteiger partial charge in [0.25, 0.3) is 5.91 Å². The Morgan fingerprint density at radius 3 is 2.11 bits per heavy atom. The van der Waals surface area contributed by atoms with E-state index in [0.29, 0.717) is 37.5 Å². The first-order valence-corrected chi connectivity index (χ1v) is 9.02. The van der Waals surface area contributed by atoms with Gasteiger partial charge in [-0.3, -0.25) is 9.59 Å². The number of nitrogens with one attached hydrogen (secondary N) is 1. The number of hydrogen-bond donors (Lipinski definition) is 2. The van der Waals surface area contributed by atoms with Crippen LogP contribution in [0.1, 0.15) is 30.6 Å². The minimum absolute atomic E-state index is 0.0167. The SMILES string of the molecule is COc1ccc(C(=O)N2CCN(C(=O)N[C@@H](CC(=O)O)C(C)C)CC2)cc1. The van der Waals surface area contributed by atoms with Crippen molar-refractivity contribution in [3.63, 3.8) is 0 Å². The fourth-order valence-electron chi connectivity index (χ4n) is 2.92. The zero-order valence-electron chi connectivity index (χ0n) is 16.0. The summed E-state index contributed by atoms with van der Waals surface area (Å²) in [4.78, 5) is 39.3. The quantitative estimate of drug-likeness (QED) is 0.786. The maximum Gasteiger partial charge on any atom is 0.317 e. The van der Waals surface area contributed by atoms with E-state index in [0.717, 1.165) is 0 Å². The number of hydrogen-bond acceptors (Lipinski definition) is 4. The molecule has 2 rings (SSSR count). The van der Waals surface area contributed by atoms with Crippen LogP contribution in [0.15, 0.2) is 24.3 Å². The van der Waals surface area contributed by atoms with E-state index in [1.165, 1.54) is 0 Å². The molecular weight excluding hydrogens is 350 g/mol.